The highest BCUT2D eigenvalue weighted by molar-refractivity contribution is 6.47. The van der Waals surface area contributed by atoms with Crippen molar-refractivity contribution < 1.29 is 37.4 Å². The number of guanidine groups is 1. The average Bonchev–Trinajstić information content (AvgIpc) is 2.91. The van der Waals surface area contributed by atoms with Crippen LogP contribution in [0.3, 0.4) is 0 Å². The van der Waals surface area contributed by atoms with Crippen LogP contribution in [0.15, 0.2) is 58.7 Å². The summed E-state index contributed by atoms with van der Waals surface area (Å²) in [4.78, 5) is 37.3. The van der Waals surface area contributed by atoms with Gasteiger partial charge in [0.05, 0.1) is 6.61 Å². The van der Waals surface area contributed by atoms with Gasteiger partial charge in [-0.25, -0.2) is 9.69 Å². The average molecular weight is 518 g/mol. The fraction of sp³-hybridized carbons (Fsp3) is 0.360. The van der Waals surface area contributed by atoms with Gasteiger partial charge in [-0.15, -0.1) is 0 Å². The fourth-order valence-corrected chi connectivity index (χ4v) is 4.06. The summed E-state index contributed by atoms with van der Waals surface area (Å²) in [5.74, 6) is -0.646. The highest BCUT2D eigenvalue weighted by Gasteiger charge is 2.43. The molecule has 2 aromatic rings. The van der Waals surface area contributed by atoms with Gasteiger partial charge in [0.25, 0.3) is 0 Å². The van der Waals surface area contributed by atoms with Gasteiger partial charge >= 0.3 is 12.3 Å². The number of aliphatic hydroxyl groups excluding tert-OH is 1. The van der Waals surface area contributed by atoms with E-state index in [1.54, 1.807) is 30.3 Å². The molecule has 0 atom stereocenters. The second kappa shape index (κ2) is 11.4. The van der Waals surface area contributed by atoms with Crippen LogP contribution in [-0.4, -0.2) is 84.0 Å². The zero-order valence-corrected chi connectivity index (χ0v) is 19.8. The third-order valence-corrected chi connectivity index (χ3v) is 5.74. The third kappa shape index (κ3) is 6.26. The quantitative estimate of drug-likeness (QED) is 0.259. The summed E-state index contributed by atoms with van der Waals surface area (Å²) in [6, 6.07) is 12.2. The van der Waals surface area contributed by atoms with Gasteiger partial charge in [-0.05, 0) is 42.2 Å². The smallest absolute Gasteiger partial charge is 0.442 e. The number of aliphatic hydroxyl groups is 1. The maximum absolute atomic E-state index is 13.8. The Balaban J connectivity index is 1.55. The first kappa shape index (κ1) is 26.1. The molecule has 1 fully saturated rings. The summed E-state index contributed by atoms with van der Waals surface area (Å²) in [6.07, 6.45) is -4.88. The molecule has 0 aromatic heterocycles. The van der Waals surface area contributed by atoms with Crippen molar-refractivity contribution in [3.63, 3.8) is 0 Å². The molecule has 9 nitrogen and oxygen atoms in total. The Kier molecular flexibility index (Phi) is 8.07. The molecule has 0 spiro atoms. The minimum absolute atomic E-state index is 0.0783. The van der Waals surface area contributed by atoms with Crippen LogP contribution in [0, 0.1) is 0 Å². The number of carbonyl (C=O) groups is 2. The second-order valence-electron chi connectivity index (χ2n) is 8.33. The van der Waals surface area contributed by atoms with Crippen LogP contribution in [0.1, 0.15) is 23.2 Å². The molecule has 2 aromatic carbocycles. The monoisotopic (exact) mass is 518 g/mol. The van der Waals surface area contributed by atoms with Crippen molar-refractivity contribution in [3.05, 3.63) is 54.1 Å². The number of halogens is 3. The maximum Gasteiger partial charge on any atom is 0.442 e. The van der Waals surface area contributed by atoms with E-state index in [2.05, 4.69) is 15.0 Å². The van der Waals surface area contributed by atoms with E-state index in [1.807, 2.05) is 4.90 Å². The molecule has 0 aliphatic carbocycles. The van der Waals surface area contributed by atoms with E-state index in [4.69, 9.17) is 9.84 Å². The van der Waals surface area contributed by atoms with E-state index >= 15 is 0 Å². The summed E-state index contributed by atoms with van der Waals surface area (Å²) < 4.78 is 46.7. The van der Waals surface area contributed by atoms with E-state index in [-0.39, 0.29) is 25.3 Å². The van der Waals surface area contributed by atoms with Crippen molar-refractivity contribution in [3.8, 4) is 16.9 Å². The van der Waals surface area contributed by atoms with Crippen LogP contribution >= 0.6 is 0 Å². The van der Waals surface area contributed by atoms with Crippen molar-refractivity contribution in [2.75, 3.05) is 39.4 Å². The summed E-state index contributed by atoms with van der Waals surface area (Å²) in [5.41, 5.74) is -1.09. The van der Waals surface area contributed by atoms with Gasteiger partial charge in [0, 0.05) is 31.7 Å². The number of ether oxygens (including phenoxy) is 1. The number of amides is 1. The van der Waals surface area contributed by atoms with Gasteiger partial charge in [0.2, 0.25) is 17.5 Å². The van der Waals surface area contributed by atoms with Gasteiger partial charge in [-0.2, -0.15) is 13.2 Å². The summed E-state index contributed by atoms with van der Waals surface area (Å²) >= 11 is 0. The molecule has 0 bridgehead atoms. The van der Waals surface area contributed by atoms with Crippen LogP contribution < -0.4 is 4.74 Å². The lowest BCUT2D eigenvalue weighted by Crippen LogP contribution is -2.54. The first-order chi connectivity index (χ1) is 17.8. The van der Waals surface area contributed by atoms with E-state index in [0.717, 1.165) is 11.3 Å². The molecular weight excluding hydrogens is 493 g/mol. The lowest BCUT2D eigenvalue weighted by Gasteiger charge is -2.38. The third-order valence-electron chi connectivity index (χ3n) is 5.74. The number of Topliss-reactive ketones (excluding diaryl/α,β-unsaturated/α-hetero) is 1. The zero-order chi connectivity index (χ0) is 26.4. The Morgan fingerprint density at radius 3 is 2.51 bits per heavy atom. The lowest BCUT2D eigenvalue weighted by molar-refractivity contribution is -0.0605. The molecule has 0 unspecified atom stereocenters. The van der Waals surface area contributed by atoms with E-state index in [9.17, 15) is 22.8 Å². The van der Waals surface area contributed by atoms with E-state index in [0.29, 0.717) is 48.9 Å². The Morgan fingerprint density at radius 2 is 1.76 bits per heavy atom. The molecule has 4 rings (SSSR count). The molecule has 2 aliphatic rings. The molecule has 2 heterocycles. The van der Waals surface area contributed by atoms with E-state index < -0.39 is 23.8 Å². The number of fused-ring (bicyclic) bond motifs is 1. The van der Waals surface area contributed by atoms with Gasteiger partial charge in [0.15, 0.2) is 0 Å². The molecule has 0 radical (unpaired) electrons. The zero-order valence-electron chi connectivity index (χ0n) is 19.8. The molecule has 1 amide bonds. The van der Waals surface area contributed by atoms with Crippen LogP contribution in [-0.2, 0) is 4.84 Å². The molecule has 37 heavy (non-hydrogen) atoms. The number of oxime groups is 1. The Hall–Kier alpha value is -3.93. The second-order valence-corrected chi connectivity index (χ2v) is 8.33. The molecule has 1 saturated heterocycles. The van der Waals surface area contributed by atoms with Crippen molar-refractivity contribution in [1.29, 1.82) is 0 Å². The normalized spacial score (nSPS) is 16.1. The van der Waals surface area contributed by atoms with Crippen molar-refractivity contribution in [1.82, 2.24) is 9.80 Å². The predicted octanol–water partition coefficient (Wildman–Crippen LogP) is 3.73. The van der Waals surface area contributed by atoms with Crippen LogP contribution in [0.5, 0.6) is 5.75 Å². The first-order valence-corrected chi connectivity index (χ1v) is 11.7. The number of alkyl halides is 3. The number of rotatable bonds is 7. The Labute approximate surface area is 210 Å². The van der Waals surface area contributed by atoms with Gasteiger partial charge in [-0.1, -0.05) is 35.5 Å². The Morgan fingerprint density at radius 1 is 1.03 bits per heavy atom. The van der Waals surface area contributed by atoms with Gasteiger partial charge < -0.3 is 14.7 Å². The first-order valence-electron chi connectivity index (χ1n) is 11.7. The number of carbonyl (C=O) groups excluding carboxylic acids is 2. The summed E-state index contributed by atoms with van der Waals surface area (Å²) in [6.45, 7) is 1.99. The molecule has 0 saturated carbocycles. The fourth-order valence-electron chi connectivity index (χ4n) is 4.06. The predicted molar refractivity (Wildman–Crippen MR) is 129 cm³/mol. The minimum Gasteiger partial charge on any atom is -0.491 e. The molecule has 2 aliphatic heterocycles. The maximum atomic E-state index is 13.8. The number of aliphatic imine (C=N–C) groups is 1. The number of ketones is 1. The topological polar surface area (TPSA) is 104 Å². The molecule has 196 valence electrons. The van der Waals surface area contributed by atoms with Crippen molar-refractivity contribution in [2.24, 2.45) is 10.1 Å². The molecule has 1 N–H and O–H groups in total. The summed E-state index contributed by atoms with van der Waals surface area (Å²) in [5, 5.41) is 11.9. The van der Waals surface area contributed by atoms with Crippen LogP contribution in [0.25, 0.3) is 11.1 Å². The minimum atomic E-state index is -5.16. The highest BCUT2D eigenvalue weighted by atomic mass is 19.4. The van der Waals surface area contributed by atoms with Crippen LogP contribution in [0.4, 0.5) is 18.0 Å². The van der Waals surface area contributed by atoms with E-state index in [1.165, 1.54) is 18.2 Å². The SMILES string of the molecule is O=C(/C(=N/OC(=O)N1CCCN2CCCN=C21)C(F)(F)F)c1cccc(-c2cccc(OCCO)c2)c1. The number of nitrogens with zero attached hydrogens (tertiary/aromatic N) is 4. The number of hydrogen-bond acceptors (Lipinski definition) is 8. The number of hydrogen-bond donors (Lipinski definition) is 1. The lowest BCUT2D eigenvalue weighted by atomic mass is 9.99. The highest BCUT2D eigenvalue weighted by Crippen LogP contribution is 2.27. The summed E-state index contributed by atoms with van der Waals surface area (Å²) in [7, 11) is 0. The van der Waals surface area contributed by atoms with Gasteiger partial charge in [0.1, 0.15) is 12.4 Å². The van der Waals surface area contributed by atoms with Crippen LogP contribution in [0.2, 0.25) is 0 Å². The van der Waals surface area contributed by atoms with Crippen molar-refractivity contribution >= 4 is 23.5 Å². The molecule has 12 heteroatoms. The van der Waals surface area contributed by atoms with Gasteiger partial charge in [-0.3, -0.25) is 14.6 Å². The largest absolute Gasteiger partial charge is 0.491 e. The standard InChI is InChI=1S/C25H25F3N4O5/c26-25(27,28)22(30-37-24(35)32-12-4-11-31-10-3-9-29-23(31)32)21(34)19-7-1-5-17(15-19)18-6-2-8-20(16-18)36-14-13-33/h1-2,5-8,15-16,33H,3-4,9-14H2/b30-22-. The Bertz CT molecular complexity index is 1210. The number of benzene rings is 2. The van der Waals surface area contributed by atoms with Crippen molar-refractivity contribution in [2.45, 2.75) is 19.0 Å². The molecular formula is C25H25F3N4O5.